The predicted molar refractivity (Wildman–Crippen MR) is 254 cm³/mol. The summed E-state index contributed by atoms with van der Waals surface area (Å²) in [4.78, 5) is 9.07. The van der Waals surface area contributed by atoms with Gasteiger partial charge in [-0.25, -0.2) is 4.85 Å². The molecule has 2 aliphatic rings. The Balaban J connectivity index is 1.34. The van der Waals surface area contributed by atoms with E-state index in [4.69, 9.17) is 6.57 Å². The summed E-state index contributed by atoms with van der Waals surface area (Å²) in [5, 5.41) is 10.9. The summed E-state index contributed by atoms with van der Waals surface area (Å²) in [5.41, 5.74) is 36.0. The first-order valence-corrected chi connectivity index (χ1v) is 21.4. The van der Waals surface area contributed by atoms with E-state index in [9.17, 15) is 5.26 Å². The molecule has 6 aromatic carbocycles. The van der Waals surface area contributed by atoms with Gasteiger partial charge in [0, 0.05) is 24.2 Å². The van der Waals surface area contributed by atoms with E-state index in [1.54, 1.807) is 0 Å². The number of hydrogen-bond acceptors (Lipinski definition) is 3. The van der Waals surface area contributed by atoms with Crippen molar-refractivity contribution in [3.8, 4) is 17.2 Å². The van der Waals surface area contributed by atoms with Crippen LogP contribution < -0.4 is 9.80 Å². The van der Waals surface area contributed by atoms with Crippen LogP contribution in [0.1, 0.15) is 117 Å². The third kappa shape index (κ3) is 5.53. The van der Waals surface area contributed by atoms with Gasteiger partial charge in [0.25, 0.3) is 0 Å². The maximum absolute atomic E-state index is 10.9. The van der Waals surface area contributed by atoms with E-state index >= 15 is 0 Å². The Labute approximate surface area is 359 Å². The summed E-state index contributed by atoms with van der Waals surface area (Å²) in [7, 11) is 0. The molecule has 2 aliphatic heterocycles. The summed E-state index contributed by atoms with van der Waals surface area (Å²) >= 11 is 0. The van der Waals surface area contributed by atoms with Gasteiger partial charge in [0.2, 0.25) is 0 Å². The van der Waals surface area contributed by atoms with Gasteiger partial charge in [-0.2, -0.15) is 5.26 Å². The summed E-state index contributed by atoms with van der Waals surface area (Å²) < 4.78 is 0. The minimum atomic E-state index is 0.533. The molecule has 2 heterocycles. The molecule has 0 saturated heterocycles. The molecule has 0 saturated carbocycles. The summed E-state index contributed by atoms with van der Waals surface area (Å²) in [5.74, 6) is 0. The molecule has 302 valence electrons. The van der Waals surface area contributed by atoms with Crippen LogP contribution in [-0.4, -0.2) is 0 Å². The molecule has 6 aromatic rings. The quantitative estimate of drug-likeness (QED) is 0.167. The smallest absolute Gasteiger partial charge is 0.197 e. The molecule has 0 N–H and O–H groups in total. The van der Waals surface area contributed by atoms with Gasteiger partial charge in [0.05, 0.1) is 41.0 Å². The molecule has 0 spiro atoms. The predicted octanol–water partition coefficient (Wildman–Crippen LogP) is 15.5. The fraction of sp³-hybridized carbons (Fsp3) is 0.321. The monoisotopic (exact) mass is 786 g/mol. The summed E-state index contributed by atoms with van der Waals surface area (Å²) in [6, 6.07) is 15.2. The molecule has 0 unspecified atom stereocenters. The Morgan fingerprint density at radius 2 is 0.717 bits per heavy atom. The van der Waals surface area contributed by atoms with Crippen molar-refractivity contribution in [3.63, 3.8) is 0 Å². The Hall–Kier alpha value is -6.10. The van der Waals surface area contributed by atoms with Crippen LogP contribution in [0, 0.1) is 129 Å². The molecule has 0 amide bonds. The molecule has 0 atom stereocenters. The van der Waals surface area contributed by atoms with Gasteiger partial charge in [0.1, 0.15) is 0 Å². The molecule has 0 aromatic heterocycles. The highest BCUT2D eigenvalue weighted by Gasteiger charge is 2.35. The molecular weight excluding hydrogens is 729 g/mol. The zero-order valence-corrected chi connectivity index (χ0v) is 38.7. The van der Waals surface area contributed by atoms with Crippen molar-refractivity contribution in [2.24, 2.45) is 0 Å². The maximum atomic E-state index is 10.9. The van der Waals surface area contributed by atoms with Crippen LogP contribution in [0.15, 0.2) is 36.4 Å². The van der Waals surface area contributed by atoms with Crippen molar-refractivity contribution in [2.75, 3.05) is 9.80 Å². The molecule has 0 radical (unpaired) electrons. The average molecular weight is 787 g/mol. The largest absolute Gasteiger partial charge is 0.311 e. The normalized spacial score (nSPS) is 12.8. The second-order valence-electron chi connectivity index (χ2n) is 18.0. The maximum Gasteiger partial charge on any atom is 0.197 e. The van der Waals surface area contributed by atoms with Crippen LogP contribution in [0.2, 0.25) is 0 Å². The van der Waals surface area contributed by atoms with Crippen molar-refractivity contribution in [2.45, 2.75) is 124 Å². The number of hydrogen-bond donors (Lipinski definition) is 0. The second kappa shape index (κ2) is 14.3. The van der Waals surface area contributed by atoms with Crippen molar-refractivity contribution in [3.05, 3.63) is 165 Å². The number of anilines is 6. The van der Waals surface area contributed by atoms with E-state index in [-0.39, 0.29) is 0 Å². The second-order valence-corrected chi connectivity index (χ2v) is 18.0. The van der Waals surface area contributed by atoms with Gasteiger partial charge in [-0.1, -0.05) is 12.1 Å². The number of nitrogens with zero attached hydrogens (tertiary/aromatic N) is 4. The van der Waals surface area contributed by atoms with Crippen LogP contribution in [0.4, 0.5) is 39.8 Å². The first kappa shape index (κ1) is 40.7. The van der Waals surface area contributed by atoms with Gasteiger partial charge in [0.15, 0.2) is 5.69 Å². The van der Waals surface area contributed by atoms with Gasteiger partial charge in [-0.15, -0.1) is 0 Å². The van der Waals surface area contributed by atoms with E-state index in [1.807, 2.05) is 0 Å². The Morgan fingerprint density at radius 3 is 1.03 bits per heavy atom. The van der Waals surface area contributed by atoms with Gasteiger partial charge >= 0.3 is 0 Å². The van der Waals surface area contributed by atoms with E-state index < -0.39 is 0 Å². The van der Waals surface area contributed by atoms with Crippen LogP contribution >= 0.6 is 0 Å². The lowest BCUT2D eigenvalue weighted by Gasteiger charge is -2.40. The zero-order valence-electron chi connectivity index (χ0n) is 38.7. The zero-order chi connectivity index (χ0) is 43.5. The third-order valence-corrected chi connectivity index (χ3v) is 15.8. The van der Waals surface area contributed by atoms with Gasteiger partial charge in [-0.05, 0) is 257 Å². The number of rotatable bonds is 3. The molecule has 0 aliphatic carbocycles. The molecule has 4 heteroatoms. The summed E-state index contributed by atoms with van der Waals surface area (Å²) in [6.45, 7) is 44.6. The average Bonchev–Trinajstić information content (AvgIpc) is 3.26. The fourth-order valence-electron chi connectivity index (χ4n) is 10.6. The molecule has 60 heavy (non-hydrogen) atoms. The molecule has 4 nitrogen and oxygen atoms in total. The highest BCUT2D eigenvalue weighted by Crippen LogP contribution is 2.54. The molecule has 0 fully saturated rings. The number of benzene rings is 6. The van der Waals surface area contributed by atoms with Crippen LogP contribution in [-0.2, 0) is 12.8 Å². The van der Waals surface area contributed by atoms with Crippen LogP contribution in [0.25, 0.3) is 16.0 Å². The van der Waals surface area contributed by atoms with E-state index in [0.29, 0.717) is 11.3 Å². The van der Waals surface area contributed by atoms with Crippen molar-refractivity contribution >= 4 is 39.8 Å². The summed E-state index contributed by atoms with van der Waals surface area (Å²) in [6.07, 6.45) is 1.77. The lowest BCUT2D eigenvalue weighted by atomic mass is 9.80. The fourth-order valence-corrected chi connectivity index (χ4v) is 10.6. The SMILES string of the molecule is [C-]#[N+]c1cc(N2c3c(C)c(C)c(C)c(C)c3Cc3c(C)c(C)c(C)c(C)c32)ccc1-c1ccc(N2c3c(C)c(C)c(C)c(C)c3Cc3c(C)c(C)c(C)c(C)c32)cc1C#N. The minimum absolute atomic E-state index is 0.533. The van der Waals surface area contributed by atoms with E-state index in [2.05, 4.69) is 168 Å². The number of nitriles is 1. The first-order chi connectivity index (χ1) is 28.4. The number of fused-ring (bicyclic) bond motifs is 4. The molecule has 0 bridgehead atoms. The van der Waals surface area contributed by atoms with E-state index in [0.717, 1.165) is 35.3 Å². The highest BCUT2D eigenvalue weighted by atomic mass is 15.2. The lowest BCUT2D eigenvalue weighted by Crippen LogP contribution is -2.24. The van der Waals surface area contributed by atoms with Crippen molar-refractivity contribution in [1.82, 2.24) is 0 Å². The molecule has 8 rings (SSSR count). The van der Waals surface area contributed by atoms with E-state index in [1.165, 1.54) is 134 Å². The Morgan fingerprint density at radius 1 is 0.417 bits per heavy atom. The van der Waals surface area contributed by atoms with Gasteiger partial charge in [-0.3, -0.25) is 0 Å². The van der Waals surface area contributed by atoms with Crippen molar-refractivity contribution < 1.29 is 0 Å². The van der Waals surface area contributed by atoms with Crippen LogP contribution in [0.3, 0.4) is 0 Å². The minimum Gasteiger partial charge on any atom is -0.311 e. The Kier molecular flexibility index (Phi) is 9.68. The highest BCUT2D eigenvalue weighted by molar-refractivity contribution is 5.95. The van der Waals surface area contributed by atoms with Gasteiger partial charge < -0.3 is 9.80 Å². The lowest BCUT2D eigenvalue weighted by molar-refractivity contribution is 0.996. The molecular formula is C56H58N4. The van der Waals surface area contributed by atoms with Crippen molar-refractivity contribution in [1.29, 1.82) is 5.26 Å². The Bertz CT molecular complexity index is 2670. The first-order valence-electron chi connectivity index (χ1n) is 21.4. The van der Waals surface area contributed by atoms with Crippen LogP contribution in [0.5, 0.6) is 0 Å². The topological polar surface area (TPSA) is 34.6 Å². The third-order valence-electron chi connectivity index (χ3n) is 15.8. The standard InChI is InChI=1S/C56H58N4/c1-27-31(5)39(13)53-48(35(27)9)24-49-36(10)28(2)32(6)40(14)54(49)59(53)44-18-20-46(43(22-44)26-57)47-21-19-45(23-52(47)58-17)60-55-41(15)33(7)29(3)37(11)50(55)25-51-38(12)30(4)34(8)42(16)56(51)60/h18-23H,24-25H2,1-16H3.